The largest absolute Gasteiger partial charge is 0.434 e. The summed E-state index contributed by atoms with van der Waals surface area (Å²) >= 11 is 2.46. The first kappa shape index (κ1) is 16.6. The van der Waals surface area contributed by atoms with Crippen molar-refractivity contribution in [1.29, 1.82) is 0 Å². The number of piperidine rings is 1. The molecule has 0 spiro atoms. The highest BCUT2D eigenvalue weighted by atomic mass is 32.1. The van der Waals surface area contributed by atoms with Gasteiger partial charge in [-0.2, -0.15) is 17.5 Å². The molecule has 23 heavy (non-hydrogen) atoms. The Bertz CT molecular complexity index is 665. The van der Waals surface area contributed by atoms with Crippen molar-refractivity contribution in [3.8, 4) is 0 Å². The fourth-order valence-corrected chi connectivity index (χ4v) is 4.34. The van der Waals surface area contributed by atoms with Crippen LogP contribution in [0.3, 0.4) is 0 Å². The molecular weight excluding hydrogens is 345 g/mol. The molecule has 1 atom stereocenters. The van der Waals surface area contributed by atoms with Crippen LogP contribution in [0.5, 0.6) is 0 Å². The van der Waals surface area contributed by atoms with Crippen LogP contribution in [0.25, 0.3) is 0 Å². The van der Waals surface area contributed by atoms with E-state index >= 15 is 0 Å². The van der Waals surface area contributed by atoms with Crippen LogP contribution < -0.4 is 4.90 Å². The molecular formula is C14H17F3N4S2. The van der Waals surface area contributed by atoms with E-state index in [0.29, 0.717) is 11.6 Å². The Morgan fingerprint density at radius 1 is 1.30 bits per heavy atom. The summed E-state index contributed by atoms with van der Waals surface area (Å²) in [5, 5.41) is 2.53. The molecule has 0 saturated carbocycles. The Morgan fingerprint density at radius 3 is 2.70 bits per heavy atom. The Balaban J connectivity index is 1.74. The lowest BCUT2D eigenvalue weighted by atomic mass is 9.99. The molecule has 126 valence electrons. The maximum Gasteiger partial charge on any atom is 0.434 e. The Hall–Kier alpha value is -1.22. The zero-order valence-electron chi connectivity index (χ0n) is 12.8. The summed E-state index contributed by atoms with van der Waals surface area (Å²) in [5.74, 6) is 1.12. The molecule has 9 heteroatoms. The van der Waals surface area contributed by atoms with Gasteiger partial charge in [0, 0.05) is 41.8 Å². The molecule has 0 N–H and O–H groups in total. The van der Waals surface area contributed by atoms with E-state index < -0.39 is 11.9 Å². The minimum absolute atomic E-state index is 0.0243. The maximum atomic E-state index is 12.7. The van der Waals surface area contributed by atoms with E-state index in [9.17, 15) is 13.2 Å². The van der Waals surface area contributed by atoms with Crippen LogP contribution in [-0.2, 0) is 6.18 Å². The molecule has 0 radical (unpaired) electrons. The normalized spacial score (nSPS) is 19.6. The van der Waals surface area contributed by atoms with Crippen molar-refractivity contribution in [3.63, 3.8) is 0 Å². The smallest absolute Gasteiger partial charge is 0.346 e. The summed E-state index contributed by atoms with van der Waals surface area (Å²) in [4.78, 5) is 10.5. The van der Waals surface area contributed by atoms with Crippen molar-refractivity contribution in [2.24, 2.45) is 0 Å². The van der Waals surface area contributed by atoms with E-state index in [0.717, 1.165) is 47.1 Å². The molecule has 3 rings (SSSR count). The quantitative estimate of drug-likeness (QED) is 0.805. The lowest BCUT2D eigenvalue weighted by Gasteiger charge is -2.31. The first-order chi connectivity index (χ1) is 10.8. The topological polar surface area (TPSA) is 41.9 Å². The predicted octanol–water partition coefficient (Wildman–Crippen LogP) is 4.52. The average Bonchev–Trinajstić information content (AvgIpc) is 3.16. The molecule has 1 unspecified atom stereocenters. The lowest BCUT2D eigenvalue weighted by Crippen LogP contribution is -2.34. The van der Waals surface area contributed by atoms with Gasteiger partial charge in [-0.05, 0) is 12.8 Å². The second kappa shape index (κ2) is 6.35. The molecule has 0 aliphatic carbocycles. The number of alkyl halides is 3. The Labute approximate surface area is 140 Å². The average molecular weight is 362 g/mol. The van der Waals surface area contributed by atoms with Crippen molar-refractivity contribution in [3.05, 3.63) is 21.9 Å². The maximum absolute atomic E-state index is 12.7. The third-order valence-electron chi connectivity index (χ3n) is 3.80. The number of hydrogen-bond donors (Lipinski definition) is 0. The molecule has 1 saturated heterocycles. The summed E-state index contributed by atoms with van der Waals surface area (Å²) in [6.07, 6.45) is -2.59. The highest BCUT2D eigenvalue weighted by Crippen LogP contribution is 2.36. The van der Waals surface area contributed by atoms with Gasteiger partial charge in [0.1, 0.15) is 5.82 Å². The van der Waals surface area contributed by atoms with Gasteiger partial charge in [0.2, 0.25) is 5.13 Å². The fourth-order valence-electron chi connectivity index (χ4n) is 2.55. The van der Waals surface area contributed by atoms with Crippen molar-refractivity contribution in [2.45, 2.75) is 44.7 Å². The molecule has 1 fully saturated rings. The van der Waals surface area contributed by atoms with E-state index in [1.807, 2.05) is 13.8 Å². The summed E-state index contributed by atoms with van der Waals surface area (Å²) in [6, 6.07) is 0. The van der Waals surface area contributed by atoms with Gasteiger partial charge in [-0.1, -0.05) is 13.8 Å². The van der Waals surface area contributed by atoms with Gasteiger partial charge in [0.05, 0.1) is 5.01 Å². The lowest BCUT2D eigenvalue weighted by molar-refractivity contribution is -0.140. The zero-order chi connectivity index (χ0) is 16.6. The summed E-state index contributed by atoms with van der Waals surface area (Å²) in [5.41, 5.74) is -0.785. The van der Waals surface area contributed by atoms with E-state index in [2.05, 4.69) is 19.2 Å². The minimum atomic E-state index is -4.37. The number of nitrogens with zero attached hydrogens (tertiary/aromatic N) is 4. The van der Waals surface area contributed by atoms with E-state index in [1.165, 1.54) is 11.5 Å². The predicted molar refractivity (Wildman–Crippen MR) is 85.3 cm³/mol. The zero-order valence-corrected chi connectivity index (χ0v) is 14.4. The van der Waals surface area contributed by atoms with Gasteiger partial charge < -0.3 is 4.90 Å². The standard InChI is InChI=1S/C14H17F3N4S2/c1-8(2)11-19-13(23-20-11)21-5-3-4-9(6-21)12-18-10(7-22-12)14(15,16)17/h7-9H,3-6H2,1-2H3. The Morgan fingerprint density at radius 2 is 2.09 bits per heavy atom. The van der Waals surface area contributed by atoms with Crippen molar-refractivity contribution >= 4 is 28.0 Å². The molecule has 1 aliphatic heterocycles. The van der Waals surface area contributed by atoms with Gasteiger partial charge in [0.25, 0.3) is 0 Å². The van der Waals surface area contributed by atoms with E-state index in [4.69, 9.17) is 0 Å². The van der Waals surface area contributed by atoms with Crippen LogP contribution in [0.2, 0.25) is 0 Å². The number of anilines is 1. The van der Waals surface area contributed by atoms with Crippen LogP contribution in [0.15, 0.2) is 5.38 Å². The van der Waals surface area contributed by atoms with Crippen LogP contribution in [0.4, 0.5) is 18.3 Å². The molecule has 2 aromatic rings. The number of aromatic nitrogens is 3. The third-order valence-corrected chi connectivity index (χ3v) is 5.60. The van der Waals surface area contributed by atoms with Gasteiger partial charge in [-0.3, -0.25) is 0 Å². The second-order valence-electron chi connectivity index (χ2n) is 5.94. The highest BCUT2D eigenvalue weighted by Gasteiger charge is 2.35. The summed E-state index contributed by atoms with van der Waals surface area (Å²) in [6.45, 7) is 5.59. The van der Waals surface area contributed by atoms with E-state index in [-0.39, 0.29) is 11.8 Å². The molecule has 2 aromatic heterocycles. The highest BCUT2D eigenvalue weighted by molar-refractivity contribution is 7.10. The molecule has 4 nitrogen and oxygen atoms in total. The monoisotopic (exact) mass is 362 g/mol. The summed E-state index contributed by atoms with van der Waals surface area (Å²) in [7, 11) is 0. The van der Waals surface area contributed by atoms with Gasteiger partial charge in [0.15, 0.2) is 5.69 Å². The van der Waals surface area contributed by atoms with E-state index in [1.54, 1.807) is 0 Å². The SMILES string of the molecule is CC(C)c1nsc(N2CCCC(c3nc(C(F)(F)F)cs3)C2)n1. The summed E-state index contributed by atoms with van der Waals surface area (Å²) < 4.78 is 42.5. The molecule has 1 aliphatic rings. The molecule has 0 amide bonds. The molecule has 0 aromatic carbocycles. The Kier molecular flexibility index (Phi) is 4.59. The van der Waals surface area contributed by atoms with Gasteiger partial charge in [-0.15, -0.1) is 11.3 Å². The van der Waals surface area contributed by atoms with Gasteiger partial charge >= 0.3 is 6.18 Å². The number of hydrogen-bond acceptors (Lipinski definition) is 6. The fraction of sp³-hybridized carbons (Fsp3) is 0.643. The third kappa shape index (κ3) is 3.65. The van der Waals surface area contributed by atoms with Gasteiger partial charge in [-0.25, -0.2) is 9.97 Å². The number of rotatable bonds is 3. The molecule has 3 heterocycles. The first-order valence-electron chi connectivity index (χ1n) is 7.45. The molecule has 0 bridgehead atoms. The van der Waals surface area contributed by atoms with Crippen LogP contribution in [0, 0.1) is 0 Å². The van der Waals surface area contributed by atoms with Crippen LogP contribution in [-0.4, -0.2) is 27.4 Å². The second-order valence-corrected chi connectivity index (χ2v) is 7.56. The van der Waals surface area contributed by atoms with Crippen LogP contribution in [0.1, 0.15) is 55.1 Å². The number of thiazole rings is 1. The van der Waals surface area contributed by atoms with Crippen molar-refractivity contribution < 1.29 is 13.2 Å². The number of halogens is 3. The minimum Gasteiger partial charge on any atom is -0.346 e. The van der Waals surface area contributed by atoms with Crippen LogP contribution >= 0.6 is 22.9 Å². The van der Waals surface area contributed by atoms with Crippen molar-refractivity contribution in [2.75, 3.05) is 18.0 Å². The van der Waals surface area contributed by atoms with Crippen molar-refractivity contribution in [1.82, 2.24) is 14.3 Å². The first-order valence-corrected chi connectivity index (χ1v) is 9.11.